The van der Waals surface area contributed by atoms with Gasteiger partial charge in [-0.1, -0.05) is 30.3 Å². The Morgan fingerprint density at radius 3 is 2.71 bits per heavy atom. The first-order valence-electron chi connectivity index (χ1n) is 7.91. The molecule has 4 heteroatoms. The minimum Gasteiger partial charge on any atom is -0.445 e. The van der Waals surface area contributed by atoms with Crippen molar-refractivity contribution in [3.8, 4) is 0 Å². The number of benzene rings is 1. The maximum Gasteiger partial charge on any atom is 0.410 e. The van der Waals surface area contributed by atoms with E-state index < -0.39 is 0 Å². The molecule has 3 rings (SSSR count). The molecule has 0 spiro atoms. The van der Waals surface area contributed by atoms with Gasteiger partial charge in [0.25, 0.3) is 0 Å². The van der Waals surface area contributed by atoms with Gasteiger partial charge >= 0.3 is 6.09 Å². The predicted molar refractivity (Wildman–Crippen MR) is 79.8 cm³/mol. The second-order valence-corrected chi connectivity index (χ2v) is 6.15. The van der Waals surface area contributed by atoms with Crippen molar-refractivity contribution in [2.45, 2.75) is 63.3 Å². The first-order chi connectivity index (χ1) is 10.2. The standard InChI is InChI=1S/C17H23NO3/c19-16-10-9-14-7-4-8-15(11-16)18(14)17(20)21-12-13-5-2-1-3-6-13/h1-3,5-6,14-16,19H,4,7-12H2. The molecule has 21 heavy (non-hydrogen) atoms. The van der Waals surface area contributed by atoms with E-state index in [4.69, 9.17) is 4.74 Å². The maximum atomic E-state index is 12.5. The fourth-order valence-corrected chi connectivity index (χ4v) is 3.59. The summed E-state index contributed by atoms with van der Waals surface area (Å²) in [7, 11) is 0. The zero-order valence-corrected chi connectivity index (χ0v) is 12.3. The Labute approximate surface area is 125 Å². The van der Waals surface area contributed by atoms with E-state index >= 15 is 0 Å². The molecule has 1 N–H and O–H groups in total. The highest BCUT2D eigenvalue weighted by Crippen LogP contribution is 2.33. The third-order valence-electron chi connectivity index (χ3n) is 4.65. The zero-order chi connectivity index (χ0) is 14.7. The van der Waals surface area contributed by atoms with E-state index in [1.807, 2.05) is 35.2 Å². The number of fused-ring (bicyclic) bond motifs is 2. The Morgan fingerprint density at radius 1 is 1.14 bits per heavy atom. The Hall–Kier alpha value is -1.55. The Bertz CT molecular complexity index is 476. The lowest BCUT2D eigenvalue weighted by atomic mass is 9.95. The molecule has 2 saturated heterocycles. The summed E-state index contributed by atoms with van der Waals surface area (Å²) in [5, 5.41) is 9.96. The van der Waals surface area contributed by atoms with Crippen LogP contribution in [-0.2, 0) is 11.3 Å². The lowest BCUT2D eigenvalue weighted by molar-refractivity contribution is 0.0388. The average molecular weight is 289 g/mol. The molecular formula is C17H23NO3. The smallest absolute Gasteiger partial charge is 0.410 e. The van der Waals surface area contributed by atoms with Gasteiger partial charge in [-0.2, -0.15) is 0 Å². The fraction of sp³-hybridized carbons (Fsp3) is 0.588. The van der Waals surface area contributed by atoms with Gasteiger partial charge in [-0.05, 0) is 44.1 Å². The van der Waals surface area contributed by atoms with Gasteiger partial charge in [0, 0.05) is 12.1 Å². The second kappa shape index (κ2) is 6.48. The van der Waals surface area contributed by atoms with Crippen molar-refractivity contribution in [1.82, 2.24) is 4.90 Å². The summed E-state index contributed by atoms with van der Waals surface area (Å²) in [5.74, 6) is 0. The Balaban J connectivity index is 1.65. The second-order valence-electron chi connectivity index (χ2n) is 6.15. The molecule has 1 aromatic carbocycles. The van der Waals surface area contributed by atoms with Crippen molar-refractivity contribution >= 4 is 6.09 Å². The SMILES string of the molecule is O=C(OCc1ccccc1)N1C2CCCC1CC(O)CC2. The van der Waals surface area contributed by atoms with Crippen molar-refractivity contribution in [2.24, 2.45) is 0 Å². The first-order valence-corrected chi connectivity index (χ1v) is 7.91. The van der Waals surface area contributed by atoms with Crippen molar-refractivity contribution in [3.63, 3.8) is 0 Å². The molecule has 114 valence electrons. The highest BCUT2D eigenvalue weighted by atomic mass is 16.6. The quantitative estimate of drug-likeness (QED) is 0.910. The highest BCUT2D eigenvalue weighted by Gasteiger charge is 2.38. The van der Waals surface area contributed by atoms with Gasteiger partial charge in [-0.15, -0.1) is 0 Å². The number of rotatable bonds is 2. The molecule has 2 aliphatic rings. The molecule has 1 amide bonds. The van der Waals surface area contributed by atoms with Gasteiger partial charge < -0.3 is 14.7 Å². The molecule has 4 nitrogen and oxygen atoms in total. The van der Waals surface area contributed by atoms with Gasteiger partial charge in [0.05, 0.1) is 6.10 Å². The monoisotopic (exact) mass is 289 g/mol. The summed E-state index contributed by atoms with van der Waals surface area (Å²) in [4.78, 5) is 14.4. The summed E-state index contributed by atoms with van der Waals surface area (Å²) >= 11 is 0. The molecule has 3 unspecified atom stereocenters. The van der Waals surface area contributed by atoms with Gasteiger partial charge in [0.1, 0.15) is 6.61 Å². The summed E-state index contributed by atoms with van der Waals surface area (Å²) in [6.07, 6.45) is 5.03. The topological polar surface area (TPSA) is 49.8 Å². The van der Waals surface area contributed by atoms with Crippen LogP contribution in [0.3, 0.4) is 0 Å². The van der Waals surface area contributed by atoms with Crippen LogP contribution in [0, 0.1) is 0 Å². The van der Waals surface area contributed by atoms with Crippen molar-refractivity contribution in [2.75, 3.05) is 0 Å². The zero-order valence-electron chi connectivity index (χ0n) is 12.3. The van der Waals surface area contributed by atoms with E-state index in [9.17, 15) is 9.90 Å². The van der Waals surface area contributed by atoms with Crippen LogP contribution in [0.25, 0.3) is 0 Å². The molecule has 2 fully saturated rings. The van der Waals surface area contributed by atoms with Crippen molar-refractivity contribution < 1.29 is 14.6 Å². The lowest BCUT2D eigenvalue weighted by Crippen LogP contribution is -2.49. The van der Waals surface area contributed by atoms with Crippen LogP contribution in [0.15, 0.2) is 30.3 Å². The van der Waals surface area contributed by atoms with Crippen LogP contribution in [0.2, 0.25) is 0 Å². The van der Waals surface area contributed by atoms with Gasteiger partial charge in [-0.3, -0.25) is 0 Å². The first kappa shape index (κ1) is 14.4. The number of hydrogen-bond acceptors (Lipinski definition) is 3. The molecule has 0 radical (unpaired) electrons. The molecule has 1 aromatic rings. The minimum absolute atomic E-state index is 0.143. The van der Waals surface area contributed by atoms with E-state index in [1.165, 1.54) is 0 Å². The summed E-state index contributed by atoms with van der Waals surface area (Å²) in [5.41, 5.74) is 1.01. The highest BCUT2D eigenvalue weighted by molar-refractivity contribution is 5.68. The van der Waals surface area contributed by atoms with Crippen LogP contribution >= 0.6 is 0 Å². The van der Waals surface area contributed by atoms with Crippen LogP contribution < -0.4 is 0 Å². The van der Waals surface area contributed by atoms with Crippen LogP contribution in [-0.4, -0.2) is 34.3 Å². The number of aliphatic hydroxyl groups is 1. The maximum absolute atomic E-state index is 12.5. The predicted octanol–water partition coefficient (Wildman–Crippen LogP) is 3.09. The Kier molecular flexibility index (Phi) is 4.44. The van der Waals surface area contributed by atoms with E-state index in [0.29, 0.717) is 13.0 Å². The van der Waals surface area contributed by atoms with Gasteiger partial charge in [0.2, 0.25) is 0 Å². The third-order valence-corrected chi connectivity index (χ3v) is 4.65. The molecule has 0 aromatic heterocycles. The molecular weight excluding hydrogens is 266 g/mol. The molecule has 2 heterocycles. The van der Waals surface area contributed by atoms with Gasteiger partial charge in [-0.25, -0.2) is 4.79 Å². The van der Waals surface area contributed by atoms with Crippen LogP contribution in [0.5, 0.6) is 0 Å². The minimum atomic E-state index is -0.275. The summed E-state index contributed by atoms with van der Waals surface area (Å²) in [6, 6.07) is 10.1. The number of piperidine rings is 1. The van der Waals surface area contributed by atoms with E-state index in [0.717, 1.165) is 37.7 Å². The van der Waals surface area contributed by atoms with E-state index in [-0.39, 0.29) is 24.3 Å². The summed E-state index contributed by atoms with van der Waals surface area (Å²) in [6.45, 7) is 0.318. The number of aliphatic hydroxyl groups excluding tert-OH is 1. The number of carbonyl (C=O) groups is 1. The number of amides is 1. The number of hydrogen-bond donors (Lipinski definition) is 1. The number of carbonyl (C=O) groups excluding carboxylic acids is 1. The molecule has 2 aliphatic heterocycles. The molecule has 3 atom stereocenters. The largest absolute Gasteiger partial charge is 0.445 e. The van der Waals surface area contributed by atoms with Crippen LogP contribution in [0.4, 0.5) is 4.79 Å². The average Bonchev–Trinajstić information content (AvgIpc) is 2.60. The fourth-order valence-electron chi connectivity index (χ4n) is 3.59. The van der Waals surface area contributed by atoms with Crippen LogP contribution in [0.1, 0.15) is 44.1 Å². The van der Waals surface area contributed by atoms with Crippen molar-refractivity contribution in [3.05, 3.63) is 35.9 Å². The Morgan fingerprint density at radius 2 is 1.90 bits per heavy atom. The number of nitrogens with zero attached hydrogens (tertiary/aromatic N) is 1. The van der Waals surface area contributed by atoms with Crippen molar-refractivity contribution in [1.29, 1.82) is 0 Å². The molecule has 0 saturated carbocycles. The van der Waals surface area contributed by atoms with Gasteiger partial charge in [0.15, 0.2) is 0 Å². The molecule has 0 aliphatic carbocycles. The van der Waals surface area contributed by atoms with E-state index in [1.54, 1.807) is 0 Å². The molecule has 2 bridgehead atoms. The lowest BCUT2D eigenvalue weighted by Gasteiger charge is -2.39. The van der Waals surface area contributed by atoms with E-state index in [2.05, 4.69) is 0 Å². The number of ether oxygens (including phenoxy) is 1. The summed E-state index contributed by atoms with van der Waals surface area (Å²) < 4.78 is 5.50. The third kappa shape index (κ3) is 3.38. The normalized spacial score (nSPS) is 28.8.